The van der Waals surface area contributed by atoms with Gasteiger partial charge in [0.1, 0.15) is 10.7 Å². The van der Waals surface area contributed by atoms with Gasteiger partial charge in [0.2, 0.25) is 0 Å². The number of thiazole rings is 1. The zero-order chi connectivity index (χ0) is 14.3. The number of carbonyl (C=O) groups is 1. The van der Waals surface area contributed by atoms with E-state index in [0.29, 0.717) is 14.6 Å². The van der Waals surface area contributed by atoms with Crippen molar-refractivity contribution < 1.29 is 4.79 Å². The quantitative estimate of drug-likeness (QED) is 0.836. The first kappa shape index (κ1) is 13.8. The van der Waals surface area contributed by atoms with E-state index in [2.05, 4.69) is 12.1 Å². The minimum atomic E-state index is -0.547. The van der Waals surface area contributed by atoms with E-state index in [1.54, 1.807) is 4.57 Å². The molecule has 0 aliphatic heterocycles. The Bertz CT molecular complexity index is 705. The molecule has 0 aliphatic carbocycles. The lowest BCUT2D eigenvalue weighted by Gasteiger charge is -2.14. The molecular formula is C13H15N3OS2. The summed E-state index contributed by atoms with van der Waals surface area (Å²) in [5, 5.41) is 0. The Morgan fingerprint density at radius 3 is 2.21 bits per heavy atom. The van der Waals surface area contributed by atoms with Gasteiger partial charge in [0.05, 0.1) is 5.69 Å². The number of rotatable bonds is 2. The number of aromatic nitrogens is 1. The summed E-state index contributed by atoms with van der Waals surface area (Å²) in [6.07, 6.45) is 0. The normalized spacial score (nSPS) is 10.7. The van der Waals surface area contributed by atoms with Crippen LogP contribution in [0.5, 0.6) is 0 Å². The van der Waals surface area contributed by atoms with E-state index >= 15 is 0 Å². The number of carbonyl (C=O) groups excluding carboxylic acids is 1. The van der Waals surface area contributed by atoms with E-state index < -0.39 is 5.91 Å². The summed E-state index contributed by atoms with van der Waals surface area (Å²) in [5.41, 5.74) is 15.6. The maximum Gasteiger partial charge on any atom is 0.262 e. The predicted octanol–water partition coefficient (Wildman–Crippen LogP) is 2.87. The summed E-state index contributed by atoms with van der Waals surface area (Å²) in [6, 6.07) is 4.12. The van der Waals surface area contributed by atoms with Crippen LogP contribution in [0.1, 0.15) is 26.4 Å². The molecule has 1 amide bonds. The second-order valence-electron chi connectivity index (χ2n) is 4.53. The number of anilines is 1. The number of hydrogen-bond donors (Lipinski definition) is 2. The molecule has 100 valence electrons. The summed E-state index contributed by atoms with van der Waals surface area (Å²) in [5.74, 6) is -0.229. The molecule has 0 spiro atoms. The van der Waals surface area contributed by atoms with E-state index in [0.717, 1.165) is 28.2 Å². The highest BCUT2D eigenvalue weighted by atomic mass is 32.1. The molecule has 0 atom stereocenters. The molecule has 19 heavy (non-hydrogen) atoms. The van der Waals surface area contributed by atoms with Crippen molar-refractivity contribution in [2.75, 3.05) is 5.73 Å². The van der Waals surface area contributed by atoms with Crippen molar-refractivity contribution in [2.24, 2.45) is 5.73 Å². The molecule has 0 radical (unpaired) electrons. The Hall–Kier alpha value is -1.66. The van der Waals surface area contributed by atoms with E-state index in [1.165, 1.54) is 5.56 Å². The molecular weight excluding hydrogens is 278 g/mol. The third kappa shape index (κ3) is 2.29. The molecule has 1 heterocycles. The van der Waals surface area contributed by atoms with Gasteiger partial charge in [-0.05, 0) is 44.1 Å². The number of amides is 1. The fraction of sp³-hybridized carbons (Fsp3) is 0.231. The van der Waals surface area contributed by atoms with Crippen LogP contribution in [-0.4, -0.2) is 10.5 Å². The molecule has 0 aliphatic rings. The first-order valence-electron chi connectivity index (χ1n) is 5.72. The van der Waals surface area contributed by atoms with E-state index in [-0.39, 0.29) is 0 Å². The van der Waals surface area contributed by atoms with Crippen molar-refractivity contribution in [3.05, 3.63) is 37.7 Å². The molecule has 6 heteroatoms. The van der Waals surface area contributed by atoms with Crippen molar-refractivity contribution in [1.29, 1.82) is 0 Å². The summed E-state index contributed by atoms with van der Waals surface area (Å²) in [6.45, 7) is 6.03. The number of nitrogens with zero attached hydrogens (tertiary/aromatic N) is 1. The van der Waals surface area contributed by atoms with E-state index in [9.17, 15) is 4.79 Å². The highest BCUT2D eigenvalue weighted by Gasteiger charge is 2.18. The molecule has 4 nitrogen and oxygen atoms in total. The van der Waals surface area contributed by atoms with Gasteiger partial charge in [0.25, 0.3) is 5.91 Å². The molecule has 0 fully saturated rings. The van der Waals surface area contributed by atoms with Crippen LogP contribution in [0.25, 0.3) is 5.69 Å². The Kier molecular flexibility index (Phi) is 3.47. The van der Waals surface area contributed by atoms with Gasteiger partial charge < -0.3 is 11.5 Å². The zero-order valence-electron chi connectivity index (χ0n) is 11.0. The van der Waals surface area contributed by atoms with Crippen molar-refractivity contribution >= 4 is 35.3 Å². The van der Waals surface area contributed by atoms with Crippen LogP contribution >= 0.6 is 23.6 Å². The number of hydrogen-bond acceptors (Lipinski definition) is 4. The van der Waals surface area contributed by atoms with Gasteiger partial charge in [-0.15, -0.1) is 0 Å². The summed E-state index contributed by atoms with van der Waals surface area (Å²) in [4.78, 5) is 11.6. The lowest BCUT2D eigenvalue weighted by atomic mass is 10.1. The maximum atomic E-state index is 11.3. The molecule has 2 aromatic rings. The standard InChI is InChI=1S/C13H15N3OS2/c1-6-4-7(2)9(8(3)5-6)16-11(14)10(12(15)17)19-13(16)18/h4-5H,14H2,1-3H3,(H2,15,17). The highest BCUT2D eigenvalue weighted by Crippen LogP contribution is 2.30. The van der Waals surface area contributed by atoms with Gasteiger partial charge in [-0.3, -0.25) is 9.36 Å². The maximum absolute atomic E-state index is 11.3. The van der Waals surface area contributed by atoms with Gasteiger partial charge in [0.15, 0.2) is 3.95 Å². The van der Waals surface area contributed by atoms with Crippen LogP contribution < -0.4 is 11.5 Å². The molecule has 0 unspecified atom stereocenters. The molecule has 1 aromatic heterocycles. The second-order valence-corrected chi connectivity index (χ2v) is 6.17. The average Bonchev–Trinajstić information content (AvgIpc) is 2.55. The van der Waals surface area contributed by atoms with Gasteiger partial charge in [-0.25, -0.2) is 0 Å². The van der Waals surface area contributed by atoms with Crippen LogP contribution in [0.15, 0.2) is 12.1 Å². The second kappa shape index (κ2) is 4.79. The van der Waals surface area contributed by atoms with Crippen LogP contribution in [0, 0.1) is 24.7 Å². The third-order valence-electron chi connectivity index (χ3n) is 2.93. The molecule has 1 aromatic carbocycles. The smallest absolute Gasteiger partial charge is 0.262 e. The molecule has 0 saturated heterocycles. The molecule has 4 N–H and O–H groups in total. The molecule has 0 bridgehead atoms. The first-order valence-corrected chi connectivity index (χ1v) is 6.94. The number of nitrogen functional groups attached to an aromatic ring is 1. The van der Waals surface area contributed by atoms with Gasteiger partial charge >= 0.3 is 0 Å². The Morgan fingerprint density at radius 1 is 1.26 bits per heavy atom. The highest BCUT2D eigenvalue weighted by molar-refractivity contribution is 7.73. The lowest BCUT2D eigenvalue weighted by molar-refractivity contribution is 0.100. The van der Waals surface area contributed by atoms with Crippen LogP contribution in [0.4, 0.5) is 5.82 Å². The zero-order valence-corrected chi connectivity index (χ0v) is 12.6. The van der Waals surface area contributed by atoms with Crippen LogP contribution in [0.2, 0.25) is 0 Å². The number of benzene rings is 1. The van der Waals surface area contributed by atoms with Gasteiger partial charge in [-0.2, -0.15) is 0 Å². The SMILES string of the molecule is Cc1cc(C)c(-n2c(N)c(C(N)=O)sc2=S)c(C)c1. The minimum absolute atomic E-state index is 0.310. The number of primary amides is 1. The summed E-state index contributed by atoms with van der Waals surface area (Å²) >= 11 is 6.45. The van der Waals surface area contributed by atoms with Crippen molar-refractivity contribution in [3.63, 3.8) is 0 Å². The van der Waals surface area contributed by atoms with E-state index in [1.807, 2.05) is 20.8 Å². The average molecular weight is 293 g/mol. The largest absolute Gasteiger partial charge is 0.383 e. The fourth-order valence-electron chi connectivity index (χ4n) is 2.30. The first-order chi connectivity index (χ1) is 8.82. The monoisotopic (exact) mass is 293 g/mol. The van der Waals surface area contributed by atoms with Crippen molar-refractivity contribution in [3.8, 4) is 5.69 Å². The lowest BCUT2D eigenvalue weighted by Crippen LogP contribution is -2.13. The molecule has 2 rings (SSSR count). The fourth-order valence-corrected chi connectivity index (χ4v) is 3.49. The Labute approximate surface area is 120 Å². The minimum Gasteiger partial charge on any atom is -0.383 e. The summed E-state index contributed by atoms with van der Waals surface area (Å²) in [7, 11) is 0. The summed E-state index contributed by atoms with van der Waals surface area (Å²) < 4.78 is 2.26. The molecule has 0 saturated carbocycles. The van der Waals surface area contributed by atoms with E-state index in [4.69, 9.17) is 23.7 Å². The topological polar surface area (TPSA) is 74.0 Å². The number of nitrogens with two attached hydrogens (primary N) is 2. The predicted molar refractivity (Wildman–Crippen MR) is 81.6 cm³/mol. The third-order valence-corrected chi connectivity index (χ3v) is 4.33. The van der Waals surface area contributed by atoms with Gasteiger partial charge in [-0.1, -0.05) is 29.0 Å². The van der Waals surface area contributed by atoms with Gasteiger partial charge in [0, 0.05) is 0 Å². The van der Waals surface area contributed by atoms with Crippen LogP contribution in [-0.2, 0) is 0 Å². The number of aryl methyl sites for hydroxylation is 3. The van der Waals surface area contributed by atoms with Crippen molar-refractivity contribution in [1.82, 2.24) is 4.57 Å². The Morgan fingerprint density at radius 2 is 1.79 bits per heavy atom. The Balaban J connectivity index is 2.81. The van der Waals surface area contributed by atoms with Crippen LogP contribution in [0.3, 0.4) is 0 Å². The van der Waals surface area contributed by atoms with Crippen molar-refractivity contribution in [2.45, 2.75) is 20.8 Å².